The molecule has 0 fully saturated rings. The van der Waals surface area contributed by atoms with Crippen LogP contribution in [0.2, 0.25) is 0 Å². The topological polar surface area (TPSA) is 20.3 Å². The molecule has 0 bridgehead atoms. The number of nitrogens with zero attached hydrogens (tertiary/aromatic N) is 1. The van der Waals surface area contributed by atoms with E-state index in [-0.39, 0.29) is 5.78 Å². The summed E-state index contributed by atoms with van der Waals surface area (Å²) in [7, 11) is 2.07. The molecule has 21 heavy (non-hydrogen) atoms. The third-order valence-corrected chi connectivity index (χ3v) is 3.72. The van der Waals surface area contributed by atoms with Gasteiger partial charge in [0.1, 0.15) is 0 Å². The fourth-order valence-corrected chi connectivity index (χ4v) is 2.25. The normalized spacial score (nSPS) is 10.8. The van der Waals surface area contributed by atoms with E-state index in [9.17, 15) is 4.79 Å². The number of ketones is 1. The smallest absolute Gasteiger partial charge is 0.164 e. The number of carbonyl (C=O) groups is 1. The van der Waals surface area contributed by atoms with Gasteiger partial charge in [-0.05, 0) is 26.0 Å². The zero-order valence-electron chi connectivity index (χ0n) is 12.9. The first-order chi connectivity index (χ1) is 10.1. The lowest BCUT2D eigenvalue weighted by atomic mass is 10.1. The molecule has 0 saturated carbocycles. The van der Waals surface area contributed by atoms with Crippen LogP contribution in [0.4, 0.5) is 0 Å². The van der Waals surface area contributed by atoms with Crippen molar-refractivity contribution in [1.82, 2.24) is 4.90 Å². The van der Waals surface area contributed by atoms with E-state index in [4.69, 9.17) is 0 Å². The Balaban J connectivity index is 1.74. The predicted molar refractivity (Wildman–Crippen MR) is 87.8 cm³/mol. The minimum absolute atomic E-state index is 0.224. The molecule has 0 unspecified atom stereocenters. The van der Waals surface area contributed by atoms with Gasteiger partial charge in [-0.2, -0.15) is 0 Å². The number of rotatable bonds is 7. The highest BCUT2D eigenvalue weighted by molar-refractivity contribution is 5.96. The minimum Gasteiger partial charge on any atom is -0.306 e. The lowest BCUT2D eigenvalue weighted by Gasteiger charge is -2.16. The molecule has 0 atom stereocenters. The van der Waals surface area contributed by atoms with Gasteiger partial charge in [-0.3, -0.25) is 4.79 Å². The van der Waals surface area contributed by atoms with Crippen LogP contribution in [0, 0.1) is 6.92 Å². The maximum absolute atomic E-state index is 12.1. The van der Waals surface area contributed by atoms with Gasteiger partial charge in [0.05, 0.1) is 0 Å². The highest BCUT2D eigenvalue weighted by atomic mass is 16.1. The highest BCUT2D eigenvalue weighted by Gasteiger charge is 2.07. The largest absolute Gasteiger partial charge is 0.306 e. The van der Waals surface area contributed by atoms with Crippen LogP contribution in [0.15, 0.2) is 54.6 Å². The Labute approximate surface area is 127 Å². The molecular weight excluding hydrogens is 258 g/mol. The quantitative estimate of drug-likeness (QED) is 0.721. The Kier molecular flexibility index (Phi) is 5.70. The number of Topliss-reactive ketones (excluding diaryl/α,β-unsaturated/α-hetero) is 1. The average molecular weight is 281 g/mol. The Hall–Kier alpha value is -1.93. The Bertz CT molecular complexity index is 560. The number of carbonyl (C=O) groups excluding carboxylic acids is 1. The van der Waals surface area contributed by atoms with Gasteiger partial charge in [0.2, 0.25) is 0 Å². The molecule has 0 amide bonds. The van der Waals surface area contributed by atoms with Crippen LogP contribution in [0.3, 0.4) is 0 Å². The van der Waals surface area contributed by atoms with E-state index in [0.29, 0.717) is 6.42 Å². The summed E-state index contributed by atoms with van der Waals surface area (Å²) in [5, 5.41) is 0. The van der Waals surface area contributed by atoms with Gasteiger partial charge in [0.15, 0.2) is 5.78 Å². The fraction of sp³-hybridized carbons (Fsp3) is 0.316. The van der Waals surface area contributed by atoms with Crippen molar-refractivity contribution in [2.45, 2.75) is 19.8 Å². The lowest BCUT2D eigenvalue weighted by molar-refractivity contribution is 0.0969. The Morgan fingerprint density at radius 3 is 2.29 bits per heavy atom. The number of likely N-dealkylation sites (N-methyl/N-ethyl adjacent to an activating group) is 1. The molecule has 0 N–H and O–H groups in total. The van der Waals surface area contributed by atoms with E-state index in [1.807, 2.05) is 37.3 Å². The minimum atomic E-state index is 0.224. The van der Waals surface area contributed by atoms with E-state index >= 15 is 0 Å². The molecule has 0 spiro atoms. The van der Waals surface area contributed by atoms with Crippen molar-refractivity contribution >= 4 is 5.78 Å². The Morgan fingerprint density at radius 1 is 0.952 bits per heavy atom. The van der Waals surface area contributed by atoms with Crippen molar-refractivity contribution in [2.24, 2.45) is 0 Å². The summed E-state index contributed by atoms with van der Waals surface area (Å²) in [6.07, 6.45) is 1.60. The van der Waals surface area contributed by atoms with Crippen LogP contribution >= 0.6 is 0 Å². The van der Waals surface area contributed by atoms with E-state index in [2.05, 4.69) is 36.2 Å². The second-order valence-corrected chi connectivity index (χ2v) is 5.58. The molecule has 0 heterocycles. The average Bonchev–Trinajstić information content (AvgIpc) is 2.52. The molecule has 0 aliphatic rings. The summed E-state index contributed by atoms with van der Waals surface area (Å²) in [5.41, 5.74) is 3.35. The summed E-state index contributed by atoms with van der Waals surface area (Å²) in [5.74, 6) is 0.224. The second kappa shape index (κ2) is 7.75. The van der Waals surface area contributed by atoms with Gasteiger partial charge in [0, 0.05) is 25.1 Å². The van der Waals surface area contributed by atoms with E-state index in [0.717, 1.165) is 25.1 Å². The number of hydrogen-bond acceptors (Lipinski definition) is 2. The van der Waals surface area contributed by atoms with Crippen LogP contribution in [0.5, 0.6) is 0 Å². The van der Waals surface area contributed by atoms with Crippen LogP contribution in [0.1, 0.15) is 27.9 Å². The van der Waals surface area contributed by atoms with Crippen LogP contribution in [-0.4, -0.2) is 30.8 Å². The molecule has 0 saturated heterocycles. The molecule has 2 rings (SSSR count). The number of aryl methyl sites for hydroxylation is 1. The second-order valence-electron chi connectivity index (χ2n) is 5.58. The monoisotopic (exact) mass is 281 g/mol. The van der Waals surface area contributed by atoms with E-state index < -0.39 is 0 Å². The highest BCUT2D eigenvalue weighted by Crippen LogP contribution is 2.07. The summed E-state index contributed by atoms with van der Waals surface area (Å²) in [6, 6.07) is 18.3. The zero-order chi connectivity index (χ0) is 15.1. The predicted octanol–water partition coefficient (Wildman–Crippen LogP) is 3.74. The molecular formula is C19H23NO. The number of benzene rings is 2. The zero-order valence-corrected chi connectivity index (χ0v) is 12.9. The van der Waals surface area contributed by atoms with Gasteiger partial charge in [-0.1, -0.05) is 60.2 Å². The molecule has 2 nitrogen and oxygen atoms in total. The molecule has 2 aromatic rings. The summed E-state index contributed by atoms with van der Waals surface area (Å²) < 4.78 is 0. The van der Waals surface area contributed by atoms with Crippen molar-refractivity contribution < 1.29 is 4.79 Å². The van der Waals surface area contributed by atoms with Crippen LogP contribution < -0.4 is 0 Å². The third-order valence-electron chi connectivity index (χ3n) is 3.72. The summed E-state index contributed by atoms with van der Waals surface area (Å²) >= 11 is 0. The van der Waals surface area contributed by atoms with Gasteiger partial charge >= 0.3 is 0 Å². The van der Waals surface area contributed by atoms with Gasteiger partial charge < -0.3 is 4.90 Å². The van der Waals surface area contributed by atoms with Crippen molar-refractivity contribution in [2.75, 3.05) is 20.1 Å². The summed E-state index contributed by atoms with van der Waals surface area (Å²) in [4.78, 5) is 14.3. The van der Waals surface area contributed by atoms with Crippen molar-refractivity contribution in [3.8, 4) is 0 Å². The molecule has 2 heteroatoms. The maximum atomic E-state index is 12.1. The maximum Gasteiger partial charge on any atom is 0.164 e. The fourth-order valence-electron chi connectivity index (χ4n) is 2.25. The van der Waals surface area contributed by atoms with Crippen molar-refractivity contribution in [3.63, 3.8) is 0 Å². The van der Waals surface area contributed by atoms with Crippen LogP contribution in [-0.2, 0) is 6.42 Å². The van der Waals surface area contributed by atoms with Gasteiger partial charge in [0.25, 0.3) is 0 Å². The van der Waals surface area contributed by atoms with Gasteiger partial charge in [-0.15, -0.1) is 0 Å². The standard InChI is InChI=1S/C19H23NO/c1-16-8-10-18(11-9-16)19(21)13-15-20(2)14-12-17-6-4-3-5-7-17/h3-11H,12-15H2,1-2H3. The lowest BCUT2D eigenvalue weighted by Crippen LogP contribution is -2.24. The summed E-state index contributed by atoms with van der Waals surface area (Å²) in [6.45, 7) is 3.82. The van der Waals surface area contributed by atoms with Crippen LogP contribution in [0.25, 0.3) is 0 Å². The first kappa shape index (κ1) is 15.5. The molecule has 0 radical (unpaired) electrons. The number of hydrogen-bond donors (Lipinski definition) is 0. The van der Waals surface area contributed by atoms with Crippen molar-refractivity contribution in [3.05, 3.63) is 71.3 Å². The first-order valence-electron chi connectivity index (χ1n) is 7.47. The molecule has 2 aromatic carbocycles. The van der Waals surface area contributed by atoms with E-state index in [1.54, 1.807) is 0 Å². The van der Waals surface area contributed by atoms with Crippen molar-refractivity contribution in [1.29, 1.82) is 0 Å². The molecule has 110 valence electrons. The third kappa shape index (κ3) is 5.16. The first-order valence-corrected chi connectivity index (χ1v) is 7.47. The molecule has 0 aliphatic carbocycles. The van der Waals surface area contributed by atoms with Gasteiger partial charge in [-0.25, -0.2) is 0 Å². The molecule has 0 aliphatic heterocycles. The SMILES string of the molecule is Cc1ccc(C(=O)CCN(C)CCc2ccccc2)cc1. The molecule has 0 aromatic heterocycles. The van der Waals surface area contributed by atoms with E-state index in [1.165, 1.54) is 11.1 Å². The Morgan fingerprint density at radius 2 is 1.62 bits per heavy atom.